The van der Waals surface area contributed by atoms with Crippen molar-refractivity contribution < 1.29 is 19.5 Å². The summed E-state index contributed by atoms with van der Waals surface area (Å²) in [6, 6.07) is 6.88. The molecule has 0 aliphatic rings. The quantitative estimate of drug-likeness (QED) is 0.717. The number of amides is 1. The number of nitrogens with one attached hydrogen (secondary N) is 1. The number of carbonyl (C=O) groups is 1. The third kappa shape index (κ3) is 5.46. The zero-order chi connectivity index (χ0) is 15.2. The maximum atomic E-state index is 11.4. The largest absolute Gasteiger partial charge is 0.508 e. The minimum absolute atomic E-state index is 0.146. The van der Waals surface area contributed by atoms with Gasteiger partial charge in [-0.15, -0.1) is 0 Å². The molecule has 4 N–H and O–H groups in total. The van der Waals surface area contributed by atoms with Crippen molar-refractivity contribution in [2.75, 3.05) is 13.2 Å². The number of nitrogens with two attached hydrogens (primary N) is 1. The van der Waals surface area contributed by atoms with Crippen LogP contribution in [0.1, 0.15) is 32.3 Å². The highest BCUT2D eigenvalue weighted by Gasteiger charge is 2.18. The van der Waals surface area contributed by atoms with Gasteiger partial charge in [-0.25, -0.2) is 4.79 Å². The number of phenols is 1. The van der Waals surface area contributed by atoms with Crippen LogP contribution in [0.2, 0.25) is 0 Å². The van der Waals surface area contributed by atoms with Crippen molar-refractivity contribution in [3.05, 3.63) is 29.8 Å². The summed E-state index contributed by atoms with van der Waals surface area (Å²) in [5.74, 6) is -0.0602. The predicted octanol–water partition coefficient (Wildman–Crippen LogP) is 1.89. The topological polar surface area (TPSA) is 93.8 Å². The number of para-hydroxylation sites is 1. The maximum Gasteiger partial charge on any atom is 0.431 e. The predicted molar refractivity (Wildman–Crippen MR) is 75.2 cm³/mol. The Hall–Kier alpha value is -1.79. The molecule has 112 valence electrons. The van der Waals surface area contributed by atoms with Crippen LogP contribution in [0.25, 0.3) is 0 Å². The highest BCUT2D eigenvalue weighted by atomic mass is 16.7. The van der Waals surface area contributed by atoms with E-state index in [-0.39, 0.29) is 24.8 Å². The third-order valence-corrected chi connectivity index (χ3v) is 2.50. The van der Waals surface area contributed by atoms with E-state index in [9.17, 15) is 9.90 Å². The molecule has 1 unspecified atom stereocenters. The van der Waals surface area contributed by atoms with E-state index in [4.69, 9.17) is 15.3 Å². The first-order chi connectivity index (χ1) is 9.33. The number of aromatic hydroxyl groups is 1. The molecule has 6 heteroatoms. The zero-order valence-corrected chi connectivity index (χ0v) is 12.1. The Balaban J connectivity index is 2.47. The second kappa shape index (κ2) is 7.12. The van der Waals surface area contributed by atoms with E-state index < -0.39 is 11.7 Å². The van der Waals surface area contributed by atoms with Gasteiger partial charge >= 0.3 is 6.09 Å². The summed E-state index contributed by atoms with van der Waals surface area (Å²) in [7, 11) is 0. The Morgan fingerprint density at radius 2 is 2.05 bits per heavy atom. The van der Waals surface area contributed by atoms with Gasteiger partial charge in [0.1, 0.15) is 11.4 Å². The molecular weight excluding hydrogens is 260 g/mol. The molecule has 0 saturated carbocycles. The molecule has 1 atom stereocenters. The zero-order valence-electron chi connectivity index (χ0n) is 12.1. The Bertz CT molecular complexity index is 443. The lowest BCUT2D eigenvalue weighted by molar-refractivity contribution is -0.0112. The molecule has 0 aliphatic heterocycles. The first-order valence-electron chi connectivity index (χ1n) is 6.42. The van der Waals surface area contributed by atoms with E-state index in [2.05, 4.69) is 5.48 Å². The number of rotatable bonds is 5. The molecule has 0 saturated heterocycles. The highest BCUT2D eigenvalue weighted by molar-refractivity contribution is 5.66. The number of ether oxygens (including phenoxy) is 1. The maximum absolute atomic E-state index is 11.4. The van der Waals surface area contributed by atoms with Gasteiger partial charge in [0.2, 0.25) is 0 Å². The lowest BCUT2D eigenvalue weighted by Crippen LogP contribution is -2.34. The molecule has 0 spiro atoms. The van der Waals surface area contributed by atoms with Crippen molar-refractivity contribution in [1.82, 2.24) is 5.48 Å². The first kappa shape index (κ1) is 16.3. The summed E-state index contributed by atoms with van der Waals surface area (Å²) in [6.45, 7) is 5.71. The molecule has 20 heavy (non-hydrogen) atoms. The van der Waals surface area contributed by atoms with Gasteiger partial charge in [-0.2, -0.15) is 5.48 Å². The van der Waals surface area contributed by atoms with Crippen LogP contribution in [-0.2, 0) is 9.57 Å². The molecular formula is C14H22N2O4. The monoisotopic (exact) mass is 282 g/mol. The summed E-state index contributed by atoms with van der Waals surface area (Å²) in [5, 5.41) is 9.75. The molecule has 0 fully saturated rings. The summed E-state index contributed by atoms with van der Waals surface area (Å²) < 4.78 is 5.03. The van der Waals surface area contributed by atoms with Gasteiger partial charge in [0.05, 0.1) is 6.61 Å². The smallest absolute Gasteiger partial charge is 0.431 e. The van der Waals surface area contributed by atoms with E-state index in [1.54, 1.807) is 45.0 Å². The van der Waals surface area contributed by atoms with Crippen LogP contribution in [-0.4, -0.2) is 30.0 Å². The molecule has 0 bridgehead atoms. The summed E-state index contributed by atoms with van der Waals surface area (Å²) in [4.78, 5) is 16.5. The van der Waals surface area contributed by atoms with Crippen LogP contribution in [0.3, 0.4) is 0 Å². The first-order valence-corrected chi connectivity index (χ1v) is 6.42. The second-order valence-electron chi connectivity index (χ2n) is 5.41. The van der Waals surface area contributed by atoms with E-state index in [1.807, 2.05) is 0 Å². The van der Waals surface area contributed by atoms with Crippen molar-refractivity contribution in [1.29, 1.82) is 0 Å². The summed E-state index contributed by atoms with van der Waals surface area (Å²) >= 11 is 0. The molecule has 1 aromatic rings. The van der Waals surface area contributed by atoms with Crippen LogP contribution < -0.4 is 11.2 Å². The van der Waals surface area contributed by atoms with Gasteiger partial charge < -0.3 is 15.6 Å². The van der Waals surface area contributed by atoms with E-state index >= 15 is 0 Å². The van der Waals surface area contributed by atoms with Crippen LogP contribution in [0.4, 0.5) is 4.79 Å². The Labute approximate surface area is 118 Å². The van der Waals surface area contributed by atoms with Gasteiger partial charge in [-0.1, -0.05) is 18.2 Å². The van der Waals surface area contributed by atoms with E-state index in [0.29, 0.717) is 5.56 Å². The third-order valence-electron chi connectivity index (χ3n) is 2.50. The second-order valence-corrected chi connectivity index (χ2v) is 5.41. The van der Waals surface area contributed by atoms with Crippen LogP contribution in [0.5, 0.6) is 5.75 Å². The fourth-order valence-corrected chi connectivity index (χ4v) is 1.62. The summed E-state index contributed by atoms with van der Waals surface area (Å²) in [6.07, 6.45) is -0.662. The van der Waals surface area contributed by atoms with Crippen LogP contribution in [0, 0.1) is 0 Å². The number of carbonyl (C=O) groups excluding carboxylic acids is 1. The minimum Gasteiger partial charge on any atom is -0.508 e. The molecule has 1 aromatic carbocycles. The van der Waals surface area contributed by atoms with Crippen molar-refractivity contribution in [3.8, 4) is 5.75 Å². The lowest BCUT2D eigenvalue weighted by Gasteiger charge is -2.20. The average molecular weight is 282 g/mol. The molecule has 0 aliphatic carbocycles. The fourth-order valence-electron chi connectivity index (χ4n) is 1.62. The molecule has 0 radical (unpaired) electrons. The van der Waals surface area contributed by atoms with Crippen molar-refractivity contribution in [3.63, 3.8) is 0 Å². The van der Waals surface area contributed by atoms with Crippen molar-refractivity contribution in [2.24, 2.45) is 5.73 Å². The van der Waals surface area contributed by atoms with Gasteiger partial charge in [0.25, 0.3) is 0 Å². The van der Waals surface area contributed by atoms with Crippen LogP contribution >= 0.6 is 0 Å². The Morgan fingerprint density at radius 1 is 1.40 bits per heavy atom. The van der Waals surface area contributed by atoms with E-state index in [0.717, 1.165) is 0 Å². The molecule has 0 heterocycles. The van der Waals surface area contributed by atoms with Crippen molar-refractivity contribution >= 4 is 6.09 Å². The molecule has 0 aromatic heterocycles. The minimum atomic E-state index is -0.662. The average Bonchev–Trinajstić information content (AvgIpc) is 2.34. The van der Waals surface area contributed by atoms with Crippen LogP contribution in [0.15, 0.2) is 24.3 Å². The number of benzene rings is 1. The fraction of sp³-hybridized carbons (Fsp3) is 0.500. The van der Waals surface area contributed by atoms with Gasteiger partial charge in [-0.05, 0) is 26.8 Å². The van der Waals surface area contributed by atoms with Gasteiger partial charge in [0.15, 0.2) is 0 Å². The highest BCUT2D eigenvalue weighted by Crippen LogP contribution is 2.24. The van der Waals surface area contributed by atoms with Gasteiger partial charge in [-0.3, -0.25) is 4.84 Å². The molecule has 6 nitrogen and oxygen atoms in total. The van der Waals surface area contributed by atoms with E-state index in [1.165, 1.54) is 0 Å². The normalized spacial score (nSPS) is 12.8. The number of hydrogen-bond donors (Lipinski definition) is 3. The van der Waals surface area contributed by atoms with Gasteiger partial charge in [0, 0.05) is 18.0 Å². The Morgan fingerprint density at radius 3 is 2.60 bits per heavy atom. The standard InChI is InChI=1S/C14H22N2O4/c1-14(2,3)20-13(18)16-19-9-10(8-15)11-6-4-5-7-12(11)17/h4-7,10,17H,8-9,15H2,1-3H3,(H,16,18). The number of hydroxylamine groups is 1. The number of hydrogen-bond acceptors (Lipinski definition) is 5. The van der Waals surface area contributed by atoms with Crippen molar-refractivity contribution in [2.45, 2.75) is 32.3 Å². The lowest BCUT2D eigenvalue weighted by atomic mass is 9.99. The SMILES string of the molecule is CC(C)(C)OC(=O)NOCC(CN)c1ccccc1O. The Kier molecular flexibility index (Phi) is 5.79. The molecule has 1 amide bonds. The number of phenolic OH excluding ortho intramolecular Hbond substituents is 1. The summed E-state index contributed by atoms with van der Waals surface area (Å²) in [5.41, 5.74) is 7.95. The molecule has 1 rings (SSSR count).